The summed E-state index contributed by atoms with van der Waals surface area (Å²) in [6.45, 7) is 3.34. The van der Waals surface area contributed by atoms with Gasteiger partial charge in [-0.25, -0.2) is 9.98 Å². The predicted octanol–water partition coefficient (Wildman–Crippen LogP) is 1.42. The number of hydrogen-bond acceptors (Lipinski definition) is 3. The summed E-state index contributed by atoms with van der Waals surface area (Å²) in [5.41, 5.74) is 0. The highest BCUT2D eigenvalue weighted by atomic mass is 16.5. The van der Waals surface area contributed by atoms with E-state index in [0.29, 0.717) is 5.82 Å². The topological polar surface area (TPSA) is 34.5 Å². The van der Waals surface area contributed by atoms with Crippen LogP contribution in [0.25, 0.3) is 0 Å². The predicted molar refractivity (Wildman–Crippen MR) is 40.0 cm³/mol. The van der Waals surface area contributed by atoms with Crippen molar-refractivity contribution in [3.63, 3.8) is 0 Å². The number of aliphatic imine (C=N–C) groups is 1. The highest BCUT2D eigenvalue weighted by Crippen LogP contribution is 2.14. The first kappa shape index (κ1) is 6.74. The van der Waals surface area contributed by atoms with Crippen LogP contribution in [-0.2, 0) is 0 Å². The zero-order chi connectivity index (χ0) is 7.40. The van der Waals surface area contributed by atoms with E-state index in [9.17, 15) is 0 Å². The molecule has 0 saturated carbocycles. The number of hydrogen-bond donors (Lipinski definition) is 0. The van der Waals surface area contributed by atoms with Crippen molar-refractivity contribution in [3.8, 4) is 5.75 Å². The van der Waals surface area contributed by atoms with E-state index in [1.807, 2.05) is 0 Å². The molecule has 0 atom stereocenters. The third-order valence-corrected chi connectivity index (χ3v) is 1.11. The van der Waals surface area contributed by atoms with Gasteiger partial charge >= 0.3 is 0 Å². The second kappa shape index (κ2) is 2.96. The van der Waals surface area contributed by atoms with Crippen molar-refractivity contribution in [1.29, 1.82) is 0 Å². The molecule has 1 aromatic rings. The molecule has 1 aromatic heterocycles. The fourth-order valence-corrected chi connectivity index (χ4v) is 0.613. The van der Waals surface area contributed by atoms with Crippen LogP contribution in [0, 0.1) is 0 Å². The Kier molecular flexibility index (Phi) is 1.99. The average molecular weight is 136 g/mol. The molecular formula is C7H8N2O. The Labute approximate surface area is 59.4 Å². The summed E-state index contributed by atoms with van der Waals surface area (Å²) in [7, 11) is 1.60. The molecule has 0 radical (unpaired) electrons. The van der Waals surface area contributed by atoms with Crippen molar-refractivity contribution in [2.45, 2.75) is 0 Å². The van der Waals surface area contributed by atoms with Crippen molar-refractivity contribution in [2.24, 2.45) is 4.99 Å². The molecule has 0 saturated heterocycles. The molecule has 3 nitrogen and oxygen atoms in total. The Morgan fingerprint density at radius 1 is 1.70 bits per heavy atom. The first-order valence-corrected chi connectivity index (χ1v) is 2.83. The van der Waals surface area contributed by atoms with Crippen molar-refractivity contribution in [2.75, 3.05) is 7.11 Å². The number of rotatable bonds is 2. The van der Waals surface area contributed by atoms with E-state index in [1.54, 1.807) is 25.4 Å². The van der Waals surface area contributed by atoms with Crippen LogP contribution in [0.3, 0.4) is 0 Å². The van der Waals surface area contributed by atoms with Gasteiger partial charge in [0.15, 0.2) is 5.82 Å². The highest BCUT2D eigenvalue weighted by Gasteiger charge is 1.91. The van der Waals surface area contributed by atoms with Crippen LogP contribution in [0.15, 0.2) is 23.3 Å². The molecule has 1 heterocycles. The summed E-state index contributed by atoms with van der Waals surface area (Å²) in [6.07, 6.45) is 1.63. The van der Waals surface area contributed by atoms with Gasteiger partial charge in [0.2, 0.25) is 0 Å². The number of pyridine rings is 1. The zero-order valence-electron chi connectivity index (χ0n) is 5.74. The molecule has 0 aliphatic rings. The van der Waals surface area contributed by atoms with Gasteiger partial charge in [0.05, 0.1) is 7.11 Å². The van der Waals surface area contributed by atoms with Gasteiger partial charge in [-0.05, 0) is 12.8 Å². The fraction of sp³-hybridized carbons (Fsp3) is 0.143. The van der Waals surface area contributed by atoms with E-state index < -0.39 is 0 Å². The lowest BCUT2D eigenvalue weighted by Gasteiger charge is -1.97. The number of methoxy groups -OCH3 is 1. The Morgan fingerprint density at radius 3 is 3.10 bits per heavy atom. The molecular weight excluding hydrogens is 128 g/mol. The van der Waals surface area contributed by atoms with E-state index in [4.69, 9.17) is 4.74 Å². The molecule has 0 aromatic carbocycles. The van der Waals surface area contributed by atoms with E-state index >= 15 is 0 Å². The monoisotopic (exact) mass is 136 g/mol. The average Bonchev–Trinajstić information content (AvgIpc) is 2.05. The third-order valence-electron chi connectivity index (χ3n) is 1.11. The second-order valence-corrected chi connectivity index (χ2v) is 1.71. The molecule has 1 rings (SSSR count). The van der Waals surface area contributed by atoms with Gasteiger partial charge < -0.3 is 4.74 Å². The molecule has 0 spiro atoms. The molecule has 0 bridgehead atoms. The van der Waals surface area contributed by atoms with E-state index in [-0.39, 0.29) is 0 Å². The van der Waals surface area contributed by atoms with E-state index in [1.165, 1.54) is 0 Å². The fourth-order valence-electron chi connectivity index (χ4n) is 0.613. The van der Waals surface area contributed by atoms with Gasteiger partial charge in [-0.2, -0.15) is 0 Å². The minimum absolute atomic E-state index is 0.583. The maximum absolute atomic E-state index is 4.93. The summed E-state index contributed by atoms with van der Waals surface area (Å²) in [6, 6.07) is 3.47. The van der Waals surface area contributed by atoms with Gasteiger partial charge in [-0.1, -0.05) is 0 Å². The first-order valence-electron chi connectivity index (χ1n) is 2.83. The largest absolute Gasteiger partial charge is 0.497 e. The summed E-state index contributed by atoms with van der Waals surface area (Å²) in [5.74, 6) is 1.33. The second-order valence-electron chi connectivity index (χ2n) is 1.71. The van der Waals surface area contributed by atoms with Gasteiger partial charge in [-0.3, -0.25) is 0 Å². The van der Waals surface area contributed by atoms with Crippen LogP contribution in [0.1, 0.15) is 0 Å². The molecule has 10 heavy (non-hydrogen) atoms. The molecule has 0 amide bonds. The number of nitrogens with zero attached hydrogens (tertiary/aromatic N) is 2. The molecule has 0 aliphatic heterocycles. The van der Waals surface area contributed by atoms with Crippen molar-refractivity contribution in [3.05, 3.63) is 18.3 Å². The van der Waals surface area contributed by atoms with Crippen molar-refractivity contribution < 1.29 is 4.74 Å². The third kappa shape index (κ3) is 1.31. The number of aromatic nitrogens is 1. The maximum Gasteiger partial charge on any atom is 0.154 e. The molecule has 0 N–H and O–H groups in total. The van der Waals surface area contributed by atoms with Crippen LogP contribution >= 0.6 is 0 Å². The first-order chi connectivity index (χ1) is 4.86. The van der Waals surface area contributed by atoms with Gasteiger partial charge in [-0.15, -0.1) is 0 Å². The molecule has 0 aliphatic carbocycles. The van der Waals surface area contributed by atoms with Gasteiger partial charge in [0.25, 0.3) is 0 Å². The summed E-state index contributed by atoms with van der Waals surface area (Å²) >= 11 is 0. The normalized spacial score (nSPS) is 8.90. The summed E-state index contributed by atoms with van der Waals surface area (Å²) in [5, 5.41) is 0. The van der Waals surface area contributed by atoms with Gasteiger partial charge in [0.1, 0.15) is 5.75 Å². The van der Waals surface area contributed by atoms with Crippen LogP contribution < -0.4 is 4.74 Å². The van der Waals surface area contributed by atoms with Crippen molar-refractivity contribution in [1.82, 2.24) is 4.98 Å². The van der Waals surface area contributed by atoms with Crippen LogP contribution in [0.2, 0.25) is 0 Å². The summed E-state index contributed by atoms with van der Waals surface area (Å²) < 4.78 is 4.93. The maximum atomic E-state index is 4.93. The Bertz CT molecular complexity index is 235. The van der Waals surface area contributed by atoms with Crippen LogP contribution in [-0.4, -0.2) is 18.8 Å². The minimum Gasteiger partial charge on any atom is -0.497 e. The van der Waals surface area contributed by atoms with Gasteiger partial charge in [0, 0.05) is 12.3 Å². The van der Waals surface area contributed by atoms with Crippen LogP contribution in [0.5, 0.6) is 5.75 Å². The quantitative estimate of drug-likeness (QED) is 0.576. The highest BCUT2D eigenvalue weighted by molar-refractivity contribution is 5.42. The Hall–Kier alpha value is -1.38. The Morgan fingerprint density at radius 2 is 2.50 bits per heavy atom. The molecule has 0 fully saturated rings. The van der Waals surface area contributed by atoms with Crippen molar-refractivity contribution >= 4 is 12.5 Å². The lowest BCUT2D eigenvalue weighted by molar-refractivity contribution is 0.414. The SMILES string of the molecule is C=Nc1cc(OC)ccn1. The lowest BCUT2D eigenvalue weighted by atomic mass is 10.4. The minimum atomic E-state index is 0.583. The van der Waals surface area contributed by atoms with E-state index in [0.717, 1.165) is 5.75 Å². The van der Waals surface area contributed by atoms with Crippen LogP contribution in [0.4, 0.5) is 5.82 Å². The molecule has 3 heteroatoms. The molecule has 52 valence electrons. The molecule has 0 unspecified atom stereocenters. The number of ether oxygens (including phenoxy) is 1. The summed E-state index contributed by atoms with van der Waals surface area (Å²) in [4.78, 5) is 7.53. The Balaban J connectivity index is 2.98. The smallest absolute Gasteiger partial charge is 0.154 e. The zero-order valence-corrected chi connectivity index (χ0v) is 5.74. The van der Waals surface area contributed by atoms with E-state index in [2.05, 4.69) is 16.7 Å². The standard InChI is InChI=1S/C7H8N2O/c1-8-7-5-6(10-2)3-4-9-7/h3-5H,1H2,2H3. The lowest BCUT2D eigenvalue weighted by Crippen LogP contribution is -1.81.